The molecule has 0 unspecified atom stereocenters. The van der Waals surface area contributed by atoms with Gasteiger partial charge in [0.15, 0.2) is 0 Å². The minimum absolute atomic E-state index is 0.0590. The van der Waals surface area contributed by atoms with Crippen LogP contribution in [0.1, 0.15) is 44.7 Å². The van der Waals surface area contributed by atoms with Crippen LogP contribution in [-0.4, -0.2) is 6.10 Å². The van der Waals surface area contributed by atoms with Gasteiger partial charge in [-0.05, 0) is 30.4 Å². The highest BCUT2D eigenvalue weighted by atomic mass is 16.5. The van der Waals surface area contributed by atoms with Crippen LogP contribution >= 0.6 is 0 Å². The van der Waals surface area contributed by atoms with Gasteiger partial charge in [0.2, 0.25) is 0 Å². The van der Waals surface area contributed by atoms with Gasteiger partial charge in [-0.15, -0.1) is 0 Å². The van der Waals surface area contributed by atoms with Crippen molar-refractivity contribution >= 4 is 0 Å². The van der Waals surface area contributed by atoms with Gasteiger partial charge in [0.25, 0.3) is 0 Å². The average molecular weight is 215 g/mol. The second-order valence-corrected chi connectivity index (χ2v) is 5.36. The highest BCUT2D eigenvalue weighted by Gasteiger charge is 2.28. The molecule has 1 aliphatic carbocycles. The van der Waals surface area contributed by atoms with E-state index in [1.807, 2.05) is 18.2 Å². The Morgan fingerprint density at radius 3 is 2.50 bits per heavy atom. The second-order valence-electron chi connectivity index (χ2n) is 5.36. The first-order valence-electron chi connectivity index (χ1n) is 5.72. The third-order valence-corrected chi connectivity index (χ3v) is 2.71. The van der Waals surface area contributed by atoms with E-state index in [4.69, 9.17) is 10.00 Å². The molecule has 0 radical (unpaired) electrons. The van der Waals surface area contributed by atoms with Crippen molar-refractivity contribution < 1.29 is 4.74 Å². The zero-order valence-electron chi connectivity index (χ0n) is 10.1. The Morgan fingerprint density at radius 2 is 2.00 bits per heavy atom. The predicted octanol–water partition coefficient (Wildman–Crippen LogP) is 3.40. The molecule has 84 valence electrons. The summed E-state index contributed by atoms with van der Waals surface area (Å²) in [6, 6.07) is 7.98. The van der Waals surface area contributed by atoms with Crippen LogP contribution in [-0.2, 0) is 5.41 Å². The minimum Gasteiger partial charge on any atom is -0.490 e. The van der Waals surface area contributed by atoms with E-state index in [2.05, 4.69) is 26.8 Å². The third-order valence-electron chi connectivity index (χ3n) is 2.71. The molecule has 1 aliphatic rings. The monoisotopic (exact) mass is 215 g/mol. The van der Waals surface area contributed by atoms with Crippen molar-refractivity contribution in [2.45, 2.75) is 45.1 Å². The zero-order valence-corrected chi connectivity index (χ0v) is 10.1. The van der Waals surface area contributed by atoms with Crippen molar-refractivity contribution in [2.75, 3.05) is 0 Å². The maximum Gasteiger partial charge on any atom is 0.124 e. The van der Waals surface area contributed by atoms with Gasteiger partial charge in [0.1, 0.15) is 5.75 Å². The summed E-state index contributed by atoms with van der Waals surface area (Å²) in [5, 5.41) is 9.15. The van der Waals surface area contributed by atoms with Crippen LogP contribution in [0.15, 0.2) is 18.2 Å². The summed E-state index contributed by atoms with van der Waals surface area (Å²) < 4.78 is 5.87. The number of rotatable bonds is 2. The van der Waals surface area contributed by atoms with Gasteiger partial charge in [-0.3, -0.25) is 0 Å². The van der Waals surface area contributed by atoms with Crippen LogP contribution in [0.4, 0.5) is 0 Å². The van der Waals surface area contributed by atoms with E-state index in [0.29, 0.717) is 6.10 Å². The number of ether oxygens (including phenoxy) is 1. The highest BCUT2D eigenvalue weighted by Crippen LogP contribution is 2.37. The van der Waals surface area contributed by atoms with Crippen molar-refractivity contribution in [3.8, 4) is 11.8 Å². The van der Waals surface area contributed by atoms with E-state index in [1.54, 1.807) is 0 Å². The molecule has 1 aromatic rings. The molecule has 2 nitrogen and oxygen atoms in total. The molecule has 16 heavy (non-hydrogen) atoms. The van der Waals surface area contributed by atoms with Crippen LogP contribution in [0.2, 0.25) is 0 Å². The predicted molar refractivity (Wildman–Crippen MR) is 63.5 cm³/mol. The van der Waals surface area contributed by atoms with Crippen LogP contribution in [0.3, 0.4) is 0 Å². The summed E-state index contributed by atoms with van der Waals surface area (Å²) in [4.78, 5) is 0. The van der Waals surface area contributed by atoms with Crippen LogP contribution < -0.4 is 4.74 Å². The smallest absolute Gasteiger partial charge is 0.124 e. The van der Waals surface area contributed by atoms with Crippen molar-refractivity contribution in [3.63, 3.8) is 0 Å². The Labute approximate surface area is 96.9 Å². The summed E-state index contributed by atoms with van der Waals surface area (Å²) in [5.74, 6) is 0.883. The molecule has 1 fully saturated rings. The maximum atomic E-state index is 9.15. The SMILES string of the molecule is CC(C)(C)c1c(C#N)cccc1OC1CC1. The number of hydrogen-bond acceptors (Lipinski definition) is 2. The van der Waals surface area contributed by atoms with E-state index >= 15 is 0 Å². The molecule has 1 saturated carbocycles. The van der Waals surface area contributed by atoms with E-state index in [1.165, 1.54) is 0 Å². The Morgan fingerprint density at radius 1 is 1.31 bits per heavy atom. The first kappa shape index (κ1) is 11.0. The van der Waals surface area contributed by atoms with Gasteiger partial charge in [-0.1, -0.05) is 26.8 Å². The fourth-order valence-electron chi connectivity index (χ4n) is 1.86. The van der Waals surface area contributed by atoms with Gasteiger partial charge in [-0.2, -0.15) is 5.26 Å². The molecular formula is C14H17NO. The van der Waals surface area contributed by atoms with Crippen LogP contribution in [0.5, 0.6) is 5.75 Å². The molecule has 0 saturated heterocycles. The van der Waals surface area contributed by atoms with Crippen LogP contribution in [0, 0.1) is 11.3 Å². The molecule has 2 heteroatoms. The van der Waals surface area contributed by atoms with E-state index in [9.17, 15) is 0 Å². The first-order valence-corrected chi connectivity index (χ1v) is 5.72. The standard InChI is InChI=1S/C14H17NO/c1-14(2,3)13-10(9-15)5-4-6-12(13)16-11-7-8-11/h4-6,11H,7-8H2,1-3H3. The van der Waals surface area contributed by atoms with Gasteiger partial charge >= 0.3 is 0 Å². The Balaban J connectivity index is 2.46. The normalized spacial score (nSPS) is 15.6. The van der Waals surface area contributed by atoms with E-state index in [-0.39, 0.29) is 5.41 Å². The Bertz CT molecular complexity index is 433. The lowest BCUT2D eigenvalue weighted by molar-refractivity contribution is 0.294. The molecule has 0 amide bonds. The molecule has 0 aromatic heterocycles. The number of nitriles is 1. The summed E-state index contributed by atoms with van der Waals surface area (Å²) in [5.41, 5.74) is 1.70. The fraction of sp³-hybridized carbons (Fsp3) is 0.500. The third kappa shape index (κ3) is 2.19. The maximum absolute atomic E-state index is 9.15. The molecule has 0 heterocycles. The average Bonchev–Trinajstić information content (AvgIpc) is 2.99. The lowest BCUT2D eigenvalue weighted by atomic mass is 9.83. The van der Waals surface area contributed by atoms with Crippen molar-refractivity contribution in [1.29, 1.82) is 5.26 Å². The first-order chi connectivity index (χ1) is 7.52. The fourth-order valence-corrected chi connectivity index (χ4v) is 1.86. The molecule has 0 bridgehead atoms. The number of nitrogens with zero attached hydrogens (tertiary/aromatic N) is 1. The quantitative estimate of drug-likeness (QED) is 0.757. The Kier molecular flexibility index (Phi) is 2.63. The van der Waals surface area contributed by atoms with Crippen LogP contribution in [0.25, 0.3) is 0 Å². The largest absolute Gasteiger partial charge is 0.490 e. The summed E-state index contributed by atoms with van der Waals surface area (Å²) in [6.07, 6.45) is 2.65. The lowest BCUT2D eigenvalue weighted by Crippen LogP contribution is -2.16. The van der Waals surface area contributed by atoms with Gasteiger partial charge in [0, 0.05) is 5.56 Å². The van der Waals surface area contributed by atoms with E-state index in [0.717, 1.165) is 29.7 Å². The molecule has 0 spiro atoms. The topological polar surface area (TPSA) is 33.0 Å². The number of hydrogen-bond donors (Lipinski definition) is 0. The zero-order chi connectivity index (χ0) is 11.8. The second kappa shape index (κ2) is 3.83. The summed E-state index contributed by atoms with van der Waals surface area (Å²) >= 11 is 0. The number of benzene rings is 1. The molecule has 0 N–H and O–H groups in total. The van der Waals surface area contributed by atoms with Crippen molar-refractivity contribution in [3.05, 3.63) is 29.3 Å². The van der Waals surface area contributed by atoms with Gasteiger partial charge in [-0.25, -0.2) is 0 Å². The van der Waals surface area contributed by atoms with Crippen molar-refractivity contribution in [2.24, 2.45) is 0 Å². The molecule has 0 aliphatic heterocycles. The van der Waals surface area contributed by atoms with Gasteiger partial charge in [0.05, 0.1) is 17.7 Å². The molecule has 0 atom stereocenters. The molecule has 2 rings (SSSR count). The summed E-state index contributed by atoms with van der Waals surface area (Å²) in [7, 11) is 0. The summed E-state index contributed by atoms with van der Waals surface area (Å²) in [6.45, 7) is 6.34. The molecular weight excluding hydrogens is 198 g/mol. The van der Waals surface area contributed by atoms with Crippen molar-refractivity contribution in [1.82, 2.24) is 0 Å². The highest BCUT2D eigenvalue weighted by molar-refractivity contribution is 5.50. The lowest BCUT2D eigenvalue weighted by Gasteiger charge is -2.24. The van der Waals surface area contributed by atoms with E-state index < -0.39 is 0 Å². The Hall–Kier alpha value is -1.49. The minimum atomic E-state index is -0.0590. The molecule has 1 aromatic carbocycles. The van der Waals surface area contributed by atoms with Gasteiger partial charge < -0.3 is 4.74 Å².